The van der Waals surface area contributed by atoms with E-state index < -0.39 is 11.5 Å². The molecule has 1 amide bonds. The van der Waals surface area contributed by atoms with Crippen LogP contribution in [0.15, 0.2) is 18.2 Å². The summed E-state index contributed by atoms with van der Waals surface area (Å²) in [6.07, 6.45) is 0. The summed E-state index contributed by atoms with van der Waals surface area (Å²) >= 11 is 0. The Morgan fingerprint density at radius 3 is 2.47 bits per heavy atom. The summed E-state index contributed by atoms with van der Waals surface area (Å²) in [6.45, 7) is 5.55. The summed E-state index contributed by atoms with van der Waals surface area (Å²) in [5.74, 6) is -0.563. The molecule has 1 aromatic carbocycles. The Kier molecular flexibility index (Phi) is 2.88. The highest BCUT2D eigenvalue weighted by Crippen LogP contribution is 2.29. The number of phenols is 1. The van der Waals surface area contributed by atoms with E-state index in [2.05, 4.69) is 0 Å². The van der Waals surface area contributed by atoms with Crippen molar-refractivity contribution >= 4 is 5.91 Å². The number of primary amides is 1. The second-order valence-electron chi connectivity index (χ2n) is 4.23. The Morgan fingerprint density at radius 2 is 2.00 bits per heavy atom. The largest absolute Gasteiger partial charge is 0.507 e. The molecule has 1 rings (SSSR count). The SMILES string of the molecule is CC(C)(C)Oc1cccc(O)c1C(N)=O. The lowest BCUT2D eigenvalue weighted by molar-refractivity contribution is 0.0974. The second-order valence-corrected chi connectivity index (χ2v) is 4.23. The van der Waals surface area contributed by atoms with Crippen LogP contribution in [0, 0.1) is 0 Å². The van der Waals surface area contributed by atoms with E-state index in [1.165, 1.54) is 6.07 Å². The van der Waals surface area contributed by atoms with Crippen molar-refractivity contribution in [1.29, 1.82) is 0 Å². The standard InChI is InChI=1S/C11H15NO3/c1-11(2,3)15-8-6-4-5-7(13)9(8)10(12)14/h4-6,13H,1-3H3,(H2,12,14). The lowest BCUT2D eigenvalue weighted by Crippen LogP contribution is -2.25. The molecule has 0 aliphatic carbocycles. The zero-order valence-corrected chi connectivity index (χ0v) is 9.07. The maximum absolute atomic E-state index is 11.1. The van der Waals surface area contributed by atoms with E-state index in [-0.39, 0.29) is 11.3 Å². The van der Waals surface area contributed by atoms with Gasteiger partial charge in [-0.25, -0.2) is 0 Å². The molecule has 0 atom stereocenters. The first kappa shape index (κ1) is 11.4. The van der Waals surface area contributed by atoms with Crippen LogP contribution in [-0.2, 0) is 0 Å². The van der Waals surface area contributed by atoms with Gasteiger partial charge in [-0.1, -0.05) is 6.07 Å². The minimum absolute atomic E-state index is 0.0208. The van der Waals surface area contributed by atoms with Crippen LogP contribution in [0.1, 0.15) is 31.1 Å². The summed E-state index contributed by atoms with van der Waals surface area (Å²) in [6, 6.07) is 4.60. The molecule has 82 valence electrons. The minimum Gasteiger partial charge on any atom is -0.507 e. The molecule has 0 saturated carbocycles. The van der Waals surface area contributed by atoms with Crippen LogP contribution in [0.3, 0.4) is 0 Å². The Hall–Kier alpha value is -1.71. The van der Waals surface area contributed by atoms with Gasteiger partial charge in [-0.3, -0.25) is 4.79 Å². The number of hydrogen-bond donors (Lipinski definition) is 2. The number of carbonyl (C=O) groups is 1. The van der Waals surface area contributed by atoms with Gasteiger partial charge in [0.2, 0.25) is 0 Å². The third-order valence-electron chi connectivity index (χ3n) is 1.67. The van der Waals surface area contributed by atoms with Gasteiger partial charge in [0.25, 0.3) is 5.91 Å². The number of ether oxygens (including phenoxy) is 1. The van der Waals surface area contributed by atoms with Gasteiger partial charge in [0.1, 0.15) is 22.7 Å². The number of aromatic hydroxyl groups is 1. The minimum atomic E-state index is -0.702. The highest BCUT2D eigenvalue weighted by Gasteiger charge is 2.19. The van der Waals surface area contributed by atoms with Gasteiger partial charge in [-0.15, -0.1) is 0 Å². The molecule has 0 heterocycles. The maximum atomic E-state index is 11.1. The predicted octanol–water partition coefficient (Wildman–Crippen LogP) is 1.67. The second kappa shape index (κ2) is 3.81. The van der Waals surface area contributed by atoms with Crippen LogP contribution in [0.25, 0.3) is 0 Å². The number of hydrogen-bond acceptors (Lipinski definition) is 3. The fourth-order valence-electron chi connectivity index (χ4n) is 1.18. The molecule has 1 aromatic rings. The van der Waals surface area contributed by atoms with Crippen molar-refractivity contribution in [1.82, 2.24) is 0 Å². The van der Waals surface area contributed by atoms with Crippen LogP contribution < -0.4 is 10.5 Å². The quantitative estimate of drug-likeness (QED) is 0.778. The van der Waals surface area contributed by atoms with Crippen molar-refractivity contribution in [2.24, 2.45) is 5.73 Å². The van der Waals surface area contributed by atoms with Crippen LogP contribution in [0.4, 0.5) is 0 Å². The Labute approximate surface area is 88.7 Å². The monoisotopic (exact) mass is 209 g/mol. The highest BCUT2D eigenvalue weighted by atomic mass is 16.5. The van der Waals surface area contributed by atoms with E-state index in [1.54, 1.807) is 12.1 Å². The molecule has 15 heavy (non-hydrogen) atoms. The summed E-state index contributed by atoms with van der Waals surface area (Å²) in [5, 5.41) is 9.48. The lowest BCUT2D eigenvalue weighted by Gasteiger charge is -2.22. The fraction of sp³-hybridized carbons (Fsp3) is 0.364. The molecule has 0 saturated heterocycles. The molecule has 0 bridgehead atoms. The van der Waals surface area contributed by atoms with Gasteiger partial charge in [-0.2, -0.15) is 0 Å². The fourth-order valence-corrected chi connectivity index (χ4v) is 1.18. The van der Waals surface area contributed by atoms with E-state index in [4.69, 9.17) is 10.5 Å². The molecule has 0 aliphatic heterocycles. The number of rotatable bonds is 2. The number of carbonyl (C=O) groups excluding carboxylic acids is 1. The van der Waals surface area contributed by atoms with Gasteiger partial charge in [-0.05, 0) is 32.9 Å². The van der Waals surface area contributed by atoms with Crippen molar-refractivity contribution in [3.63, 3.8) is 0 Å². The van der Waals surface area contributed by atoms with Gasteiger partial charge in [0.15, 0.2) is 0 Å². The first-order valence-corrected chi connectivity index (χ1v) is 4.62. The van der Waals surface area contributed by atoms with Crippen molar-refractivity contribution in [2.75, 3.05) is 0 Å². The number of amides is 1. The normalized spacial score (nSPS) is 11.1. The third kappa shape index (κ3) is 2.87. The molecule has 4 heteroatoms. The van der Waals surface area contributed by atoms with E-state index in [0.29, 0.717) is 5.75 Å². The summed E-state index contributed by atoms with van der Waals surface area (Å²) in [7, 11) is 0. The Bertz CT molecular complexity index is 380. The molecular formula is C11H15NO3. The summed E-state index contributed by atoms with van der Waals surface area (Å²) < 4.78 is 5.51. The van der Waals surface area contributed by atoms with Crippen molar-refractivity contribution in [2.45, 2.75) is 26.4 Å². The van der Waals surface area contributed by atoms with Crippen LogP contribution in [-0.4, -0.2) is 16.6 Å². The van der Waals surface area contributed by atoms with E-state index >= 15 is 0 Å². The summed E-state index contributed by atoms with van der Waals surface area (Å²) in [5.41, 5.74) is 4.73. The molecular weight excluding hydrogens is 194 g/mol. The molecule has 0 aromatic heterocycles. The first-order valence-electron chi connectivity index (χ1n) is 4.62. The molecule has 4 nitrogen and oxygen atoms in total. The Morgan fingerprint density at radius 1 is 1.40 bits per heavy atom. The van der Waals surface area contributed by atoms with E-state index in [1.807, 2.05) is 20.8 Å². The molecule has 0 aliphatic rings. The van der Waals surface area contributed by atoms with Crippen molar-refractivity contribution in [3.8, 4) is 11.5 Å². The van der Waals surface area contributed by atoms with Gasteiger partial charge < -0.3 is 15.6 Å². The topological polar surface area (TPSA) is 72.6 Å². The number of nitrogens with two attached hydrogens (primary N) is 1. The zero-order valence-electron chi connectivity index (χ0n) is 9.07. The van der Waals surface area contributed by atoms with Gasteiger partial charge in [0, 0.05) is 0 Å². The van der Waals surface area contributed by atoms with Gasteiger partial charge in [0.05, 0.1) is 0 Å². The molecule has 0 spiro atoms. The van der Waals surface area contributed by atoms with Gasteiger partial charge >= 0.3 is 0 Å². The maximum Gasteiger partial charge on any atom is 0.256 e. The zero-order chi connectivity index (χ0) is 11.6. The predicted molar refractivity (Wildman–Crippen MR) is 57.0 cm³/mol. The van der Waals surface area contributed by atoms with Crippen LogP contribution in [0.5, 0.6) is 11.5 Å². The van der Waals surface area contributed by atoms with E-state index in [0.717, 1.165) is 0 Å². The first-order chi connectivity index (χ1) is 6.81. The third-order valence-corrected chi connectivity index (χ3v) is 1.67. The molecule has 0 fully saturated rings. The molecule has 0 unspecified atom stereocenters. The average Bonchev–Trinajstić information content (AvgIpc) is 1.99. The smallest absolute Gasteiger partial charge is 0.256 e. The lowest BCUT2D eigenvalue weighted by atomic mass is 10.1. The van der Waals surface area contributed by atoms with Crippen molar-refractivity contribution < 1.29 is 14.6 Å². The van der Waals surface area contributed by atoms with E-state index in [9.17, 15) is 9.90 Å². The van der Waals surface area contributed by atoms with Crippen LogP contribution in [0.2, 0.25) is 0 Å². The molecule has 0 radical (unpaired) electrons. The molecule has 3 N–H and O–H groups in total. The summed E-state index contributed by atoms with van der Waals surface area (Å²) in [4.78, 5) is 11.1. The van der Waals surface area contributed by atoms with Crippen LogP contribution >= 0.6 is 0 Å². The highest BCUT2D eigenvalue weighted by molar-refractivity contribution is 5.98. The number of benzene rings is 1. The van der Waals surface area contributed by atoms with Crippen molar-refractivity contribution in [3.05, 3.63) is 23.8 Å². The Balaban J connectivity index is 3.18. The average molecular weight is 209 g/mol.